The number of benzene rings is 3. The molecule has 2 heterocycles. The van der Waals surface area contributed by atoms with Crippen molar-refractivity contribution in [2.45, 2.75) is 6.61 Å². The van der Waals surface area contributed by atoms with Gasteiger partial charge in [-0.05, 0) is 76.2 Å². The minimum Gasteiger partial charge on any atom is -0.488 e. The van der Waals surface area contributed by atoms with Gasteiger partial charge in [0, 0.05) is 4.47 Å². The number of hydrogen-bond donors (Lipinski definition) is 0. The van der Waals surface area contributed by atoms with Gasteiger partial charge in [0.2, 0.25) is 0 Å². The summed E-state index contributed by atoms with van der Waals surface area (Å²) in [7, 11) is 0. The zero-order valence-corrected chi connectivity index (χ0v) is 20.1. The molecule has 0 spiro atoms. The summed E-state index contributed by atoms with van der Waals surface area (Å²) in [5, 5.41) is 0. The van der Waals surface area contributed by atoms with Crippen LogP contribution < -0.4 is 14.8 Å². The van der Waals surface area contributed by atoms with Gasteiger partial charge in [-0.25, -0.2) is 9.38 Å². The zero-order chi connectivity index (χ0) is 20.7. The van der Waals surface area contributed by atoms with E-state index in [1.54, 1.807) is 4.40 Å². The van der Waals surface area contributed by atoms with E-state index >= 15 is 0 Å². The average molecular weight is 589 g/mol. The molecule has 0 radical (unpaired) electrons. The third-order valence-electron chi connectivity index (χ3n) is 4.71. The number of aromatic nitrogens is 2. The van der Waals surface area contributed by atoms with Crippen molar-refractivity contribution in [1.29, 1.82) is 0 Å². The van der Waals surface area contributed by atoms with E-state index in [-0.39, 0.29) is 5.56 Å². The van der Waals surface area contributed by atoms with E-state index < -0.39 is 0 Å². The van der Waals surface area contributed by atoms with Crippen molar-refractivity contribution in [1.82, 2.24) is 9.38 Å². The standard InChI is InChI=1S/C23H14BrIN2O2S/c24-16-8-5-14(6-9-16)13-29-20-10-7-15(11-17(20)25)12-21-22(28)27-19-4-2-1-3-18(19)26-23(27)30-21/h1-12H,13H2/b21-12-. The Balaban J connectivity index is 1.44. The van der Waals surface area contributed by atoms with E-state index in [1.165, 1.54) is 11.3 Å². The Kier molecular flexibility index (Phi) is 5.34. The maximum Gasteiger partial charge on any atom is 0.274 e. The zero-order valence-electron chi connectivity index (χ0n) is 15.5. The lowest BCUT2D eigenvalue weighted by molar-refractivity contribution is 0.304. The first-order valence-corrected chi connectivity index (χ1v) is 11.9. The number of para-hydroxylation sites is 2. The van der Waals surface area contributed by atoms with E-state index in [9.17, 15) is 4.79 Å². The Hall–Kier alpha value is -2.23. The Morgan fingerprint density at radius 3 is 2.70 bits per heavy atom. The molecule has 0 amide bonds. The van der Waals surface area contributed by atoms with Crippen molar-refractivity contribution >= 4 is 71.9 Å². The van der Waals surface area contributed by atoms with Crippen LogP contribution in [0.25, 0.3) is 22.1 Å². The molecule has 0 bridgehead atoms. The van der Waals surface area contributed by atoms with Crippen LogP contribution in [0.1, 0.15) is 11.1 Å². The molecule has 30 heavy (non-hydrogen) atoms. The second-order valence-corrected chi connectivity index (χ2v) is 9.83. The SMILES string of the molecule is O=c1/c(=C/c2ccc(OCc3ccc(Br)cc3)c(I)c2)sc2nc3ccccc3n12. The van der Waals surface area contributed by atoms with Gasteiger partial charge in [-0.2, -0.15) is 0 Å². The summed E-state index contributed by atoms with van der Waals surface area (Å²) in [6, 6.07) is 21.7. The lowest BCUT2D eigenvalue weighted by Gasteiger charge is -2.09. The summed E-state index contributed by atoms with van der Waals surface area (Å²) >= 11 is 7.12. The summed E-state index contributed by atoms with van der Waals surface area (Å²) in [6.07, 6.45) is 1.91. The van der Waals surface area contributed by atoms with Crippen molar-refractivity contribution in [3.63, 3.8) is 0 Å². The number of ether oxygens (including phenoxy) is 1. The number of thiazole rings is 1. The van der Waals surface area contributed by atoms with Crippen LogP contribution in [0, 0.1) is 3.57 Å². The molecule has 0 unspecified atom stereocenters. The number of halogens is 2. The third-order valence-corrected chi connectivity index (χ3v) is 7.05. The smallest absolute Gasteiger partial charge is 0.274 e. The summed E-state index contributed by atoms with van der Waals surface area (Å²) in [6.45, 7) is 0.506. The molecule has 0 saturated heterocycles. The van der Waals surface area contributed by atoms with Gasteiger partial charge < -0.3 is 4.74 Å². The van der Waals surface area contributed by atoms with Gasteiger partial charge in [-0.1, -0.05) is 57.6 Å². The summed E-state index contributed by atoms with van der Waals surface area (Å²) in [5.74, 6) is 0.824. The first kappa shape index (κ1) is 19.7. The first-order valence-electron chi connectivity index (χ1n) is 9.17. The Morgan fingerprint density at radius 2 is 1.90 bits per heavy atom. The normalized spacial score (nSPS) is 12.1. The van der Waals surface area contributed by atoms with Gasteiger partial charge in [0.25, 0.3) is 5.56 Å². The van der Waals surface area contributed by atoms with Crippen LogP contribution >= 0.6 is 49.9 Å². The molecule has 0 N–H and O–H groups in total. The topological polar surface area (TPSA) is 43.6 Å². The number of rotatable bonds is 4. The fourth-order valence-corrected chi connectivity index (χ4v) is 5.18. The van der Waals surface area contributed by atoms with Gasteiger partial charge in [0.05, 0.1) is 19.1 Å². The maximum absolute atomic E-state index is 12.9. The van der Waals surface area contributed by atoms with Crippen molar-refractivity contribution in [2.75, 3.05) is 0 Å². The first-order chi connectivity index (χ1) is 14.6. The minimum atomic E-state index is -0.0331. The molecule has 0 atom stereocenters. The molecular weight excluding hydrogens is 575 g/mol. The molecule has 0 aliphatic heterocycles. The molecular formula is C23H14BrIN2O2S. The predicted molar refractivity (Wildman–Crippen MR) is 133 cm³/mol. The highest BCUT2D eigenvalue weighted by atomic mass is 127. The van der Waals surface area contributed by atoms with Gasteiger partial charge in [0.15, 0.2) is 4.96 Å². The van der Waals surface area contributed by atoms with Gasteiger partial charge in [-0.15, -0.1) is 0 Å². The fourth-order valence-electron chi connectivity index (χ4n) is 3.23. The molecule has 0 fully saturated rings. The highest BCUT2D eigenvalue weighted by molar-refractivity contribution is 14.1. The quantitative estimate of drug-likeness (QED) is 0.264. The number of fused-ring (bicyclic) bond motifs is 3. The average Bonchev–Trinajstić information content (AvgIpc) is 3.25. The van der Waals surface area contributed by atoms with Crippen LogP contribution in [0.2, 0.25) is 0 Å². The van der Waals surface area contributed by atoms with Crippen LogP contribution in [-0.2, 0) is 6.61 Å². The Bertz CT molecular complexity index is 1490. The number of imidazole rings is 1. The second kappa shape index (κ2) is 8.13. The van der Waals surface area contributed by atoms with Crippen LogP contribution in [-0.4, -0.2) is 9.38 Å². The lowest BCUT2D eigenvalue weighted by Crippen LogP contribution is -2.22. The van der Waals surface area contributed by atoms with Crippen molar-refractivity contribution in [3.05, 3.63) is 101 Å². The van der Waals surface area contributed by atoms with Crippen molar-refractivity contribution < 1.29 is 4.74 Å². The van der Waals surface area contributed by atoms with Gasteiger partial charge in [0.1, 0.15) is 12.4 Å². The van der Waals surface area contributed by atoms with Gasteiger partial charge in [-0.3, -0.25) is 4.79 Å². The van der Waals surface area contributed by atoms with Gasteiger partial charge >= 0.3 is 0 Å². The van der Waals surface area contributed by atoms with Crippen molar-refractivity contribution in [2.24, 2.45) is 0 Å². The Labute approximate surface area is 198 Å². The summed E-state index contributed by atoms with van der Waals surface area (Å²) < 4.78 is 10.4. The number of hydrogen-bond acceptors (Lipinski definition) is 4. The third kappa shape index (κ3) is 3.77. The Morgan fingerprint density at radius 1 is 1.10 bits per heavy atom. The molecule has 0 aliphatic rings. The molecule has 5 aromatic rings. The molecule has 3 aromatic carbocycles. The fraction of sp³-hybridized carbons (Fsp3) is 0.0435. The maximum atomic E-state index is 12.9. The number of nitrogens with zero attached hydrogens (tertiary/aromatic N) is 2. The van der Waals surface area contributed by atoms with E-state index in [0.29, 0.717) is 11.1 Å². The predicted octanol–water partition coefficient (Wildman–Crippen LogP) is 5.40. The minimum absolute atomic E-state index is 0.0331. The monoisotopic (exact) mass is 588 g/mol. The molecule has 4 nitrogen and oxygen atoms in total. The summed E-state index contributed by atoms with van der Waals surface area (Å²) in [5.41, 5.74) is 3.72. The van der Waals surface area contributed by atoms with Crippen LogP contribution in [0.5, 0.6) is 5.75 Å². The van der Waals surface area contributed by atoms with Crippen LogP contribution in [0.15, 0.2) is 76.0 Å². The largest absolute Gasteiger partial charge is 0.488 e. The molecule has 148 valence electrons. The second-order valence-electron chi connectivity index (χ2n) is 6.74. The lowest BCUT2D eigenvalue weighted by atomic mass is 10.2. The molecule has 2 aromatic heterocycles. The highest BCUT2D eigenvalue weighted by Crippen LogP contribution is 2.24. The van der Waals surface area contributed by atoms with E-state index in [1.807, 2.05) is 72.8 Å². The highest BCUT2D eigenvalue weighted by Gasteiger charge is 2.11. The molecule has 0 saturated carbocycles. The molecule has 5 rings (SSSR count). The van der Waals surface area contributed by atoms with E-state index in [2.05, 4.69) is 43.5 Å². The van der Waals surface area contributed by atoms with E-state index in [0.717, 1.165) is 40.9 Å². The van der Waals surface area contributed by atoms with Crippen molar-refractivity contribution in [3.8, 4) is 5.75 Å². The molecule has 0 aliphatic carbocycles. The van der Waals surface area contributed by atoms with Crippen LogP contribution in [0.3, 0.4) is 0 Å². The van der Waals surface area contributed by atoms with E-state index in [4.69, 9.17) is 4.74 Å². The van der Waals surface area contributed by atoms with Crippen LogP contribution in [0.4, 0.5) is 0 Å². The summed E-state index contributed by atoms with van der Waals surface area (Å²) in [4.78, 5) is 18.2. The molecule has 7 heteroatoms.